The monoisotopic (exact) mass is 278 g/mol. The van der Waals surface area contributed by atoms with Crippen molar-refractivity contribution < 1.29 is 0 Å². The molecule has 0 aliphatic rings. The second kappa shape index (κ2) is 8.46. The first kappa shape index (κ1) is 15.6. The van der Waals surface area contributed by atoms with E-state index in [2.05, 4.69) is 74.5 Å². The van der Waals surface area contributed by atoms with Crippen LogP contribution in [0.4, 0.5) is 0 Å². The van der Waals surface area contributed by atoms with E-state index in [1.54, 1.807) is 0 Å². The molecule has 0 fully saturated rings. The summed E-state index contributed by atoms with van der Waals surface area (Å²) >= 11 is 0. The first-order valence-corrected chi connectivity index (χ1v) is 8.12. The molecule has 2 aromatic carbocycles. The lowest BCUT2D eigenvalue weighted by Gasteiger charge is -2.04. The van der Waals surface area contributed by atoms with Gasteiger partial charge in [0.05, 0.1) is 0 Å². The Labute approximate surface area is 129 Å². The fourth-order valence-corrected chi connectivity index (χ4v) is 2.59. The molecule has 0 aliphatic carbocycles. The van der Waals surface area contributed by atoms with Crippen molar-refractivity contribution in [3.05, 3.63) is 65.7 Å². The van der Waals surface area contributed by atoms with E-state index in [-0.39, 0.29) is 0 Å². The van der Waals surface area contributed by atoms with Crippen LogP contribution in [0.15, 0.2) is 60.2 Å². The minimum Gasteiger partial charge on any atom is -0.0727 e. The normalized spacial score (nSPS) is 11.6. The average Bonchev–Trinajstić information content (AvgIpc) is 2.53. The van der Waals surface area contributed by atoms with Crippen LogP contribution < -0.4 is 0 Å². The van der Waals surface area contributed by atoms with Crippen LogP contribution in [0.5, 0.6) is 0 Å². The van der Waals surface area contributed by atoms with Crippen LogP contribution in [0.25, 0.3) is 17.2 Å². The van der Waals surface area contributed by atoms with Crippen LogP contribution in [-0.2, 0) is 0 Å². The maximum Gasteiger partial charge on any atom is -0.0184 e. The molecule has 0 spiro atoms. The van der Waals surface area contributed by atoms with Gasteiger partial charge in [-0.3, -0.25) is 0 Å². The first-order chi connectivity index (χ1) is 10.3. The minimum atomic E-state index is 1.22. The number of rotatable bonds is 7. The smallest absolute Gasteiger partial charge is 0.0184 e. The van der Waals surface area contributed by atoms with Gasteiger partial charge in [-0.25, -0.2) is 0 Å². The van der Waals surface area contributed by atoms with E-state index >= 15 is 0 Å². The van der Waals surface area contributed by atoms with E-state index in [4.69, 9.17) is 0 Å². The lowest BCUT2D eigenvalue weighted by molar-refractivity contribution is 0.665. The number of hydrogen-bond donors (Lipinski definition) is 0. The first-order valence-electron chi connectivity index (χ1n) is 8.12. The Bertz CT molecular complexity index is 546. The molecule has 0 aromatic heterocycles. The van der Waals surface area contributed by atoms with Crippen molar-refractivity contribution in [2.24, 2.45) is 0 Å². The summed E-state index contributed by atoms with van der Waals surface area (Å²) in [7, 11) is 0. The van der Waals surface area contributed by atoms with Gasteiger partial charge >= 0.3 is 0 Å². The predicted octanol–water partition coefficient (Wildman–Crippen LogP) is 6.73. The zero-order chi connectivity index (χ0) is 14.9. The summed E-state index contributed by atoms with van der Waals surface area (Å²) in [4.78, 5) is 0. The van der Waals surface area contributed by atoms with Crippen molar-refractivity contribution >= 4 is 6.08 Å². The fourth-order valence-electron chi connectivity index (χ4n) is 2.59. The standard InChI is InChI=1S/C21H26/c1-3-4-5-7-10-18(2)17-19-13-15-21(16-14-19)20-11-8-6-9-12-20/h6,8-9,11-17H,3-5,7,10H2,1-2H3/b18-17+. The van der Waals surface area contributed by atoms with Gasteiger partial charge in [0.25, 0.3) is 0 Å². The third-order valence-electron chi connectivity index (χ3n) is 3.86. The molecule has 0 atom stereocenters. The average molecular weight is 278 g/mol. The van der Waals surface area contributed by atoms with Gasteiger partial charge in [-0.05, 0) is 36.5 Å². The van der Waals surface area contributed by atoms with Crippen LogP contribution in [-0.4, -0.2) is 0 Å². The molecule has 0 heterocycles. The third-order valence-corrected chi connectivity index (χ3v) is 3.86. The Morgan fingerprint density at radius 3 is 2.14 bits per heavy atom. The summed E-state index contributed by atoms with van der Waals surface area (Å²) in [6.45, 7) is 4.51. The van der Waals surface area contributed by atoms with Crippen molar-refractivity contribution in [3.8, 4) is 11.1 Å². The zero-order valence-electron chi connectivity index (χ0n) is 13.3. The van der Waals surface area contributed by atoms with Crippen LogP contribution in [0, 0.1) is 0 Å². The summed E-state index contributed by atoms with van der Waals surface area (Å²) in [5, 5.41) is 0. The zero-order valence-corrected chi connectivity index (χ0v) is 13.3. The molecule has 0 saturated heterocycles. The molecule has 2 aromatic rings. The van der Waals surface area contributed by atoms with Gasteiger partial charge in [0.1, 0.15) is 0 Å². The largest absolute Gasteiger partial charge is 0.0727 e. The molecule has 0 heteroatoms. The summed E-state index contributed by atoms with van der Waals surface area (Å²) in [6, 6.07) is 19.4. The highest BCUT2D eigenvalue weighted by molar-refractivity contribution is 5.65. The summed E-state index contributed by atoms with van der Waals surface area (Å²) < 4.78 is 0. The lowest BCUT2D eigenvalue weighted by atomic mass is 10.0. The van der Waals surface area contributed by atoms with Crippen LogP contribution >= 0.6 is 0 Å². The highest BCUT2D eigenvalue weighted by Gasteiger charge is 1.97. The number of unbranched alkanes of at least 4 members (excludes halogenated alkanes) is 3. The highest BCUT2D eigenvalue weighted by atomic mass is 14.0. The molecule has 0 amide bonds. The molecular weight excluding hydrogens is 252 g/mol. The molecule has 0 saturated carbocycles. The van der Waals surface area contributed by atoms with E-state index in [0.29, 0.717) is 0 Å². The van der Waals surface area contributed by atoms with Gasteiger partial charge in [-0.1, -0.05) is 92.4 Å². The van der Waals surface area contributed by atoms with Gasteiger partial charge in [0.2, 0.25) is 0 Å². The molecule has 0 N–H and O–H groups in total. The fraction of sp³-hybridized carbons (Fsp3) is 0.333. The number of hydrogen-bond acceptors (Lipinski definition) is 0. The van der Waals surface area contributed by atoms with Crippen molar-refractivity contribution in [3.63, 3.8) is 0 Å². The van der Waals surface area contributed by atoms with E-state index < -0.39 is 0 Å². The van der Waals surface area contributed by atoms with Crippen molar-refractivity contribution in [2.45, 2.75) is 46.0 Å². The predicted molar refractivity (Wildman–Crippen MR) is 94.3 cm³/mol. The molecule has 0 unspecified atom stereocenters. The van der Waals surface area contributed by atoms with Gasteiger partial charge in [-0.2, -0.15) is 0 Å². The molecule has 0 radical (unpaired) electrons. The van der Waals surface area contributed by atoms with Gasteiger partial charge in [-0.15, -0.1) is 0 Å². The minimum absolute atomic E-state index is 1.22. The quantitative estimate of drug-likeness (QED) is 0.493. The van der Waals surface area contributed by atoms with E-state index in [9.17, 15) is 0 Å². The Hall–Kier alpha value is -1.82. The van der Waals surface area contributed by atoms with E-state index in [1.807, 2.05) is 0 Å². The molecule has 0 nitrogen and oxygen atoms in total. The number of allylic oxidation sites excluding steroid dienone is 1. The Morgan fingerprint density at radius 2 is 1.48 bits per heavy atom. The Morgan fingerprint density at radius 1 is 0.810 bits per heavy atom. The van der Waals surface area contributed by atoms with Crippen molar-refractivity contribution in [2.75, 3.05) is 0 Å². The maximum absolute atomic E-state index is 2.32. The lowest BCUT2D eigenvalue weighted by Crippen LogP contribution is -1.82. The molecule has 110 valence electrons. The van der Waals surface area contributed by atoms with E-state index in [1.165, 1.54) is 54.4 Å². The topological polar surface area (TPSA) is 0 Å². The van der Waals surface area contributed by atoms with E-state index in [0.717, 1.165) is 0 Å². The van der Waals surface area contributed by atoms with Gasteiger partial charge in [0, 0.05) is 0 Å². The highest BCUT2D eigenvalue weighted by Crippen LogP contribution is 2.21. The van der Waals surface area contributed by atoms with Crippen molar-refractivity contribution in [1.82, 2.24) is 0 Å². The summed E-state index contributed by atoms with van der Waals surface area (Å²) in [5.41, 5.74) is 5.36. The maximum atomic E-state index is 2.32. The Balaban J connectivity index is 1.96. The summed E-state index contributed by atoms with van der Waals surface area (Å²) in [5.74, 6) is 0. The van der Waals surface area contributed by atoms with Gasteiger partial charge in [0.15, 0.2) is 0 Å². The van der Waals surface area contributed by atoms with Crippen LogP contribution in [0.3, 0.4) is 0 Å². The SMILES string of the molecule is CCCCCC/C(C)=C/c1ccc(-c2ccccc2)cc1. The second-order valence-electron chi connectivity index (χ2n) is 5.79. The molecule has 21 heavy (non-hydrogen) atoms. The van der Waals surface area contributed by atoms with Crippen LogP contribution in [0.1, 0.15) is 51.5 Å². The third kappa shape index (κ3) is 5.23. The summed E-state index contributed by atoms with van der Waals surface area (Å²) in [6.07, 6.45) is 8.89. The van der Waals surface area contributed by atoms with Crippen LogP contribution in [0.2, 0.25) is 0 Å². The van der Waals surface area contributed by atoms with Crippen molar-refractivity contribution in [1.29, 1.82) is 0 Å². The Kier molecular flexibility index (Phi) is 6.27. The number of benzene rings is 2. The molecule has 0 aliphatic heterocycles. The second-order valence-corrected chi connectivity index (χ2v) is 5.79. The molecular formula is C21H26. The molecule has 2 rings (SSSR count). The van der Waals surface area contributed by atoms with Gasteiger partial charge < -0.3 is 0 Å². The molecule has 0 bridgehead atoms.